The van der Waals surface area contributed by atoms with Crippen LogP contribution in [0.15, 0.2) is 23.9 Å². The van der Waals surface area contributed by atoms with Gasteiger partial charge in [-0.25, -0.2) is 0 Å². The zero-order valence-corrected chi connectivity index (χ0v) is 7.51. The Morgan fingerprint density at radius 2 is 2.09 bits per heavy atom. The summed E-state index contributed by atoms with van der Waals surface area (Å²) in [5, 5.41) is 0. The molecule has 0 aliphatic heterocycles. The summed E-state index contributed by atoms with van der Waals surface area (Å²) in [6.07, 6.45) is 9.06. The van der Waals surface area contributed by atoms with Crippen LogP contribution >= 0.6 is 0 Å². The van der Waals surface area contributed by atoms with Crippen molar-refractivity contribution in [1.82, 2.24) is 4.90 Å². The van der Waals surface area contributed by atoms with E-state index >= 15 is 0 Å². The lowest BCUT2D eigenvalue weighted by molar-refractivity contribution is 0.367. The standard InChI is InChI=1S/C10H17N/c1-3-11(4-2)10-8-6-5-7-9-10/h5-6,8H,3-4,7,9H2,1-2H3. The van der Waals surface area contributed by atoms with Crippen LogP contribution in [0, 0.1) is 0 Å². The molecular formula is C10H17N. The van der Waals surface area contributed by atoms with Gasteiger partial charge >= 0.3 is 0 Å². The zero-order chi connectivity index (χ0) is 8.10. The Labute approximate surface area is 69.4 Å². The second-order valence-electron chi connectivity index (χ2n) is 2.80. The fourth-order valence-electron chi connectivity index (χ4n) is 1.48. The number of hydrogen-bond acceptors (Lipinski definition) is 1. The Morgan fingerprint density at radius 1 is 1.36 bits per heavy atom. The smallest absolute Gasteiger partial charge is 0.0146 e. The molecule has 0 aromatic heterocycles. The second kappa shape index (κ2) is 4.22. The molecule has 0 spiro atoms. The second-order valence-corrected chi connectivity index (χ2v) is 2.80. The SMILES string of the molecule is CCN(CC)C1=CC=CCC1. The van der Waals surface area contributed by atoms with Gasteiger partial charge in [0.05, 0.1) is 0 Å². The third kappa shape index (κ3) is 2.11. The van der Waals surface area contributed by atoms with Crippen LogP contribution in [-0.4, -0.2) is 18.0 Å². The molecule has 0 N–H and O–H groups in total. The number of nitrogens with zero attached hydrogens (tertiary/aromatic N) is 1. The highest BCUT2D eigenvalue weighted by Crippen LogP contribution is 2.15. The van der Waals surface area contributed by atoms with Crippen molar-refractivity contribution >= 4 is 0 Å². The van der Waals surface area contributed by atoms with E-state index in [1.54, 1.807) is 0 Å². The van der Waals surface area contributed by atoms with Crippen molar-refractivity contribution in [3.63, 3.8) is 0 Å². The van der Waals surface area contributed by atoms with Crippen LogP contribution in [0.1, 0.15) is 26.7 Å². The maximum Gasteiger partial charge on any atom is 0.0146 e. The summed E-state index contributed by atoms with van der Waals surface area (Å²) < 4.78 is 0. The predicted molar refractivity (Wildman–Crippen MR) is 49.4 cm³/mol. The van der Waals surface area contributed by atoms with Crippen molar-refractivity contribution in [2.24, 2.45) is 0 Å². The topological polar surface area (TPSA) is 3.24 Å². The third-order valence-corrected chi connectivity index (χ3v) is 2.16. The molecule has 1 aliphatic rings. The van der Waals surface area contributed by atoms with Gasteiger partial charge in [0, 0.05) is 18.8 Å². The molecule has 0 heterocycles. The number of allylic oxidation sites excluding steroid dienone is 4. The molecule has 1 aliphatic carbocycles. The summed E-state index contributed by atoms with van der Waals surface area (Å²) in [5.74, 6) is 0. The minimum atomic E-state index is 1.14. The molecule has 0 bridgehead atoms. The van der Waals surface area contributed by atoms with Crippen LogP contribution in [0.25, 0.3) is 0 Å². The van der Waals surface area contributed by atoms with E-state index in [-0.39, 0.29) is 0 Å². The van der Waals surface area contributed by atoms with Gasteiger partial charge in [-0.3, -0.25) is 0 Å². The molecule has 1 nitrogen and oxygen atoms in total. The van der Waals surface area contributed by atoms with E-state index in [1.165, 1.54) is 18.5 Å². The van der Waals surface area contributed by atoms with E-state index in [9.17, 15) is 0 Å². The summed E-state index contributed by atoms with van der Waals surface area (Å²) in [4.78, 5) is 2.42. The molecule has 0 saturated carbocycles. The highest BCUT2D eigenvalue weighted by molar-refractivity contribution is 5.16. The minimum Gasteiger partial charge on any atom is -0.375 e. The fraction of sp³-hybridized carbons (Fsp3) is 0.600. The first-order chi connectivity index (χ1) is 5.38. The van der Waals surface area contributed by atoms with Gasteiger partial charge in [0.2, 0.25) is 0 Å². The van der Waals surface area contributed by atoms with Crippen molar-refractivity contribution in [3.8, 4) is 0 Å². The minimum absolute atomic E-state index is 1.14. The van der Waals surface area contributed by atoms with Crippen LogP contribution in [0.5, 0.6) is 0 Å². The molecule has 1 heteroatoms. The lowest BCUT2D eigenvalue weighted by Crippen LogP contribution is -2.22. The van der Waals surface area contributed by atoms with Gasteiger partial charge in [-0.1, -0.05) is 12.2 Å². The molecule has 0 aromatic carbocycles. The van der Waals surface area contributed by atoms with E-state index in [4.69, 9.17) is 0 Å². The first-order valence-corrected chi connectivity index (χ1v) is 4.49. The van der Waals surface area contributed by atoms with Crippen molar-refractivity contribution in [3.05, 3.63) is 23.9 Å². The van der Waals surface area contributed by atoms with E-state index in [1.807, 2.05) is 0 Å². The van der Waals surface area contributed by atoms with Gasteiger partial charge in [-0.05, 0) is 32.8 Å². The van der Waals surface area contributed by atoms with Crippen molar-refractivity contribution in [1.29, 1.82) is 0 Å². The first kappa shape index (κ1) is 8.38. The Bertz CT molecular complexity index is 164. The Hall–Kier alpha value is -0.720. The summed E-state index contributed by atoms with van der Waals surface area (Å²) in [6, 6.07) is 0. The maximum atomic E-state index is 2.42. The summed E-state index contributed by atoms with van der Waals surface area (Å²) in [6.45, 7) is 6.69. The largest absolute Gasteiger partial charge is 0.375 e. The molecule has 62 valence electrons. The van der Waals surface area contributed by atoms with Crippen molar-refractivity contribution in [2.75, 3.05) is 13.1 Å². The highest BCUT2D eigenvalue weighted by Gasteiger charge is 2.04. The van der Waals surface area contributed by atoms with Gasteiger partial charge in [0.25, 0.3) is 0 Å². The van der Waals surface area contributed by atoms with Gasteiger partial charge < -0.3 is 4.90 Å². The van der Waals surface area contributed by atoms with E-state index in [0.29, 0.717) is 0 Å². The summed E-state index contributed by atoms with van der Waals surface area (Å²) in [5.41, 5.74) is 1.50. The van der Waals surface area contributed by atoms with Crippen molar-refractivity contribution < 1.29 is 0 Å². The molecule has 0 unspecified atom stereocenters. The molecule has 0 atom stereocenters. The van der Waals surface area contributed by atoms with Crippen LogP contribution in [-0.2, 0) is 0 Å². The Kier molecular flexibility index (Phi) is 3.21. The molecule has 0 amide bonds. The average molecular weight is 151 g/mol. The van der Waals surface area contributed by atoms with Crippen LogP contribution in [0.3, 0.4) is 0 Å². The molecule has 11 heavy (non-hydrogen) atoms. The van der Waals surface area contributed by atoms with E-state index < -0.39 is 0 Å². The van der Waals surface area contributed by atoms with E-state index in [0.717, 1.165) is 13.1 Å². The third-order valence-electron chi connectivity index (χ3n) is 2.16. The monoisotopic (exact) mass is 151 g/mol. The summed E-state index contributed by atoms with van der Waals surface area (Å²) >= 11 is 0. The van der Waals surface area contributed by atoms with Gasteiger partial charge in [0.15, 0.2) is 0 Å². The molecule has 0 aromatic rings. The molecule has 1 rings (SSSR count). The lowest BCUT2D eigenvalue weighted by atomic mass is 10.1. The fourth-order valence-corrected chi connectivity index (χ4v) is 1.48. The predicted octanol–water partition coefficient (Wildman–Crippen LogP) is 2.56. The van der Waals surface area contributed by atoms with Crippen LogP contribution in [0.2, 0.25) is 0 Å². The van der Waals surface area contributed by atoms with Crippen molar-refractivity contribution in [2.45, 2.75) is 26.7 Å². The Balaban J connectivity index is 2.56. The average Bonchev–Trinajstić information content (AvgIpc) is 2.09. The van der Waals surface area contributed by atoms with Crippen LogP contribution in [0.4, 0.5) is 0 Å². The van der Waals surface area contributed by atoms with Gasteiger partial charge in [0.1, 0.15) is 0 Å². The maximum absolute atomic E-state index is 2.42. The Morgan fingerprint density at radius 3 is 2.55 bits per heavy atom. The van der Waals surface area contributed by atoms with Gasteiger partial charge in [-0.15, -0.1) is 0 Å². The molecule has 0 radical (unpaired) electrons. The zero-order valence-electron chi connectivity index (χ0n) is 7.51. The quantitative estimate of drug-likeness (QED) is 0.599. The molecule has 0 saturated heterocycles. The van der Waals surface area contributed by atoms with Gasteiger partial charge in [-0.2, -0.15) is 0 Å². The number of rotatable bonds is 3. The van der Waals surface area contributed by atoms with E-state index in [2.05, 4.69) is 37.0 Å². The number of hydrogen-bond donors (Lipinski definition) is 0. The highest BCUT2D eigenvalue weighted by atomic mass is 15.1. The summed E-state index contributed by atoms with van der Waals surface area (Å²) in [7, 11) is 0. The van der Waals surface area contributed by atoms with Crippen LogP contribution < -0.4 is 0 Å². The lowest BCUT2D eigenvalue weighted by Gasteiger charge is -2.25. The normalized spacial score (nSPS) is 16.4. The molecular weight excluding hydrogens is 134 g/mol. The first-order valence-electron chi connectivity index (χ1n) is 4.49. The molecule has 0 fully saturated rings.